The molecule has 146 valence electrons. The Bertz CT molecular complexity index is 1280. The minimum Gasteiger partial charge on any atom is -0.292 e. The predicted molar refractivity (Wildman–Crippen MR) is 112 cm³/mol. The van der Waals surface area contributed by atoms with Crippen LogP contribution in [-0.4, -0.2) is 31.2 Å². The minimum absolute atomic E-state index is 0.158. The fourth-order valence-electron chi connectivity index (χ4n) is 4.83. The maximum atomic E-state index is 13.0. The standard InChI is InChI=1S/C23H23N5O/c1-12-16(11-24-26-12)22-15-5-3-2-4-14(15)20-17(25-22)8-9-18-21(20)23(28-27-18)19(29)10-13-6-7-13/h8-9,11,13H,2-7,10H2,1H3,(H,24,26)(H,27,28). The lowest BCUT2D eigenvalue weighted by atomic mass is 9.85. The van der Waals surface area contributed by atoms with E-state index in [-0.39, 0.29) is 5.78 Å². The van der Waals surface area contributed by atoms with Gasteiger partial charge in [-0.3, -0.25) is 15.0 Å². The van der Waals surface area contributed by atoms with Gasteiger partial charge < -0.3 is 0 Å². The Kier molecular flexibility index (Phi) is 3.63. The molecule has 1 fully saturated rings. The van der Waals surface area contributed by atoms with E-state index in [4.69, 9.17) is 4.98 Å². The van der Waals surface area contributed by atoms with Gasteiger partial charge in [0.1, 0.15) is 5.69 Å². The van der Waals surface area contributed by atoms with Gasteiger partial charge in [0.2, 0.25) is 0 Å². The monoisotopic (exact) mass is 385 g/mol. The highest BCUT2D eigenvalue weighted by molar-refractivity contribution is 6.17. The molecule has 4 aromatic rings. The van der Waals surface area contributed by atoms with Crippen LogP contribution in [0.15, 0.2) is 18.3 Å². The second-order valence-electron chi connectivity index (χ2n) is 8.56. The smallest absolute Gasteiger partial charge is 0.183 e. The molecule has 6 nitrogen and oxygen atoms in total. The maximum absolute atomic E-state index is 13.0. The Balaban J connectivity index is 1.65. The van der Waals surface area contributed by atoms with Crippen LogP contribution in [0.5, 0.6) is 0 Å². The first kappa shape index (κ1) is 16.9. The molecular formula is C23H23N5O. The molecule has 0 bridgehead atoms. The van der Waals surface area contributed by atoms with E-state index in [2.05, 4.69) is 26.5 Å². The molecule has 0 radical (unpaired) electrons. The van der Waals surface area contributed by atoms with Crippen molar-refractivity contribution < 1.29 is 4.79 Å². The number of hydrogen-bond donors (Lipinski definition) is 2. The highest BCUT2D eigenvalue weighted by Gasteiger charge is 2.29. The number of pyridine rings is 1. The summed E-state index contributed by atoms with van der Waals surface area (Å²) in [5, 5.41) is 16.9. The van der Waals surface area contributed by atoms with Crippen LogP contribution in [0.1, 0.15) is 59.4 Å². The highest BCUT2D eigenvalue weighted by atomic mass is 16.1. The lowest BCUT2D eigenvalue weighted by Gasteiger charge is -2.21. The molecule has 1 aromatic carbocycles. The molecule has 2 aliphatic carbocycles. The van der Waals surface area contributed by atoms with E-state index in [1.807, 2.05) is 19.2 Å². The third-order valence-electron chi connectivity index (χ3n) is 6.52. The zero-order valence-electron chi connectivity index (χ0n) is 16.5. The summed E-state index contributed by atoms with van der Waals surface area (Å²) in [6.45, 7) is 2.04. The summed E-state index contributed by atoms with van der Waals surface area (Å²) < 4.78 is 0. The van der Waals surface area contributed by atoms with Gasteiger partial charge >= 0.3 is 0 Å². The number of fused-ring (bicyclic) bond motifs is 5. The SMILES string of the molecule is Cc1[nH]ncc1-c1nc2ccc3[nH]nc(C(=O)CC4CC4)c3c2c2c1CCCC2. The van der Waals surface area contributed by atoms with Crippen LogP contribution in [0.4, 0.5) is 0 Å². The average molecular weight is 385 g/mol. The van der Waals surface area contributed by atoms with Gasteiger partial charge in [0.05, 0.1) is 22.9 Å². The van der Waals surface area contributed by atoms with Crippen molar-refractivity contribution in [2.45, 2.75) is 51.9 Å². The van der Waals surface area contributed by atoms with Gasteiger partial charge in [0, 0.05) is 28.5 Å². The molecule has 6 rings (SSSR count). The number of H-pyrrole nitrogens is 2. The van der Waals surface area contributed by atoms with Gasteiger partial charge in [-0.2, -0.15) is 10.2 Å². The summed E-state index contributed by atoms with van der Waals surface area (Å²) in [5.74, 6) is 0.706. The number of aromatic amines is 2. The van der Waals surface area contributed by atoms with Gasteiger partial charge in [0.25, 0.3) is 0 Å². The molecule has 3 heterocycles. The number of hydrogen-bond acceptors (Lipinski definition) is 4. The van der Waals surface area contributed by atoms with Crippen LogP contribution in [0.2, 0.25) is 0 Å². The number of nitrogens with zero attached hydrogens (tertiary/aromatic N) is 3. The number of aromatic nitrogens is 5. The molecule has 3 aromatic heterocycles. The molecule has 2 N–H and O–H groups in total. The molecule has 6 heteroatoms. The topological polar surface area (TPSA) is 87.3 Å². The lowest BCUT2D eigenvalue weighted by molar-refractivity contribution is 0.0973. The minimum atomic E-state index is 0.158. The van der Waals surface area contributed by atoms with Gasteiger partial charge in [-0.05, 0) is 74.6 Å². The largest absolute Gasteiger partial charge is 0.292 e. The Morgan fingerprint density at radius 1 is 1.10 bits per heavy atom. The predicted octanol–water partition coefficient (Wildman–Crippen LogP) is 4.67. The van der Waals surface area contributed by atoms with E-state index in [1.54, 1.807) is 0 Å². The molecular weight excluding hydrogens is 362 g/mol. The Morgan fingerprint density at radius 3 is 2.69 bits per heavy atom. The zero-order chi connectivity index (χ0) is 19.5. The van der Waals surface area contributed by atoms with Gasteiger partial charge in [-0.1, -0.05) is 0 Å². The number of aryl methyl sites for hydroxylation is 2. The summed E-state index contributed by atoms with van der Waals surface area (Å²) >= 11 is 0. The van der Waals surface area contributed by atoms with Crippen molar-refractivity contribution in [3.8, 4) is 11.3 Å². The molecule has 2 aliphatic rings. The molecule has 0 aliphatic heterocycles. The van der Waals surface area contributed by atoms with Crippen molar-refractivity contribution in [1.29, 1.82) is 0 Å². The molecule has 0 saturated heterocycles. The summed E-state index contributed by atoms with van der Waals surface area (Å²) in [6.07, 6.45) is 9.17. The van der Waals surface area contributed by atoms with Crippen LogP contribution < -0.4 is 0 Å². The average Bonchev–Trinajstić information content (AvgIpc) is 3.27. The van der Waals surface area contributed by atoms with Gasteiger partial charge in [0.15, 0.2) is 5.78 Å². The summed E-state index contributed by atoms with van der Waals surface area (Å²) in [5.41, 5.74) is 8.25. The zero-order valence-corrected chi connectivity index (χ0v) is 16.5. The molecule has 0 amide bonds. The third-order valence-corrected chi connectivity index (χ3v) is 6.52. The Morgan fingerprint density at radius 2 is 1.93 bits per heavy atom. The van der Waals surface area contributed by atoms with E-state index in [0.29, 0.717) is 18.0 Å². The van der Waals surface area contributed by atoms with E-state index < -0.39 is 0 Å². The number of carbonyl (C=O) groups excluding carboxylic acids is 1. The van der Waals surface area contributed by atoms with Gasteiger partial charge in [-0.15, -0.1) is 0 Å². The third kappa shape index (κ3) is 2.62. The normalized spacial score (nSPS) is 16.4. The maximum Gasteiger partial charge on any atom is 0.183 e. The first-order chi connectivity index (χ1) is 14.2. The second-order valence-corrected chi connectivity index (χ2v) is 8.56. The van der Waals surface area contributed by atoms with Gasteiger partial charge in [-0.25, -0.2) is 4.98 Å². The van der Waals surface area contributed by atoms with Crippen LogP contribution in [0.25, 0.3) is 33.1 Å². The summed E-state index contributed by atoms with van der Waals surface area (Å²) in [6, 6.07) is 4.06. The van der Waals surface area contributed by atoms with Crippen molar-refractivity contribution in [2.75, 3.05) is 0 Å². The van der Waals surface area contributed by atoms with Crippen molar-refractivity contribution in [2.24, 2.45) is 5.92 Å². The van der Waals surface area contributed by atoms with Crippen molar-refractivity contribution in [3.63, 3.8) is 0 Å². The number of Topliss-reactive ketones (excluding diaryl/α,β-unsaturated/α-hetero) is 1. The lowest BCUT2D eigenvalue weighted by Crippen LogP contribution is -2.09. The fourth-order valence-corrected chi connectivity index (χ4v) is 4.83. The van der Waals surface area contributed by atoms with Crippen molar-refractivity contribution in [3.05, 3.63) is 40.8 Å². The van der Waals surface area contributed by atoms with Crippen LogP contribution in [0.3, 0.4) is 0 Å². The van der Waals surface area contributed by atoms with Crippen molar-refractivity contribution >= 4 is 27.6 Å². The Hall–Kier alpha value is -3.02. The first-order valence-corrected chi connectivity index (χ1v) is 10.6. The molecule has 0 unspecified atom stereocenters. The number of benzene rings is 1. The molecule has 29 heavy (non-hydrogen) atoms. The molecule has 0 atom stereocenters. The highest BCUT2D eigenvalue weighted by Crippen LogP contribution is 2.40. The number of nitrogens with one attached hydrogen (secondary N) is 2. The molecule has 1 saturated carbocycles. The number of ketones is 1. The molecule has 0 spiro atoms. The van der Waals surface area contributed by atoms with E-state index >= 15 is 0 Å². The van der Waals surface area contributed by atoms with Crippen LogP contribution in [0, 0.1) is 12.8 Å². The quantitative estimate of drug-likeness (QED) is 0.500. The van der Waals surface area contributed by atoms with E-state index in [0.717, 1.165) is 58.0 Å². The van der Waals surface area contributed by atoms with Crippen LogP contribution in [-0.2, 0) is 12.8 Å². The van der Waals surface area contributed by atoms with Crippen LogP contribution >= 0.6 is 0 Å². The Labute approximate surface area is 168 Å². The summed E-state index contributed by atoms with van der Waals surface area (Å²) in [4.78, 5) is 18.0. The second kappa shape index (κ2) is 6.24. The number of carbonyl (C=O) groups is 1. The first-order valence-electron chi connectivity index (χ1n) is 10.6. The van der Waals surface area contributed by atoms with E-state index in [9.17, 15) is 4.79 Å². The summed E-state index contributed by atoms with van der Waals surface area (Å²) in [7, 11) is 0. The van der Waals surface area contributed by atoms with E-state index in [1.165, 1.54) is 30.4 Å². The number of rotatable bonds is 4. The fraction of sp³-hybridized carbons (Fsp3) is 0.391. The van der Waals surface area contributed by atoms with Crippen molar-refractivity contribution in [1.82, 2.24) is 25.4 Å².